The third kappa shape index (κ3) is 72.4. The number of carbonyl (C=O) groups is 4. The zero-order valence-electron chi connectivity index (χ0n) is 64.1. The Bertz CT molecular complexity index is 1890. The van der Waals surface area contributed by atoms with Crippen molar-refractivity contribution < 1.29 is 80.2 Å². The normalized spacial score (nSPS) is 13.9. The lowest BCUT2D eigenvalue weighted by molar-refractivity contribution is -0.161. The van der Waals surface area contributed by atoms with Crippen molar-refractivity contribution in [3.05, 3.63) is 0 Å². The SMILES string of the molecule is CCCCCCCCCCCCCCCC(=O)O[C@H](COC(=O)CCCCCCCCCCC)COP(=O)(O)OC[C@H](O)COP(=O)(O)OC[C@@H](COC(=O)CCCCCCCCCCCCCCC(C)C)OC(=O)CCCCCCCCCCCCCCCCCCCCC(C)C. The largest absolute Gasteiger partial charge is 0.472 e. The second kappa shape index (κ2) is 70.7. The van der Waals surface area contributed by atoms with E-state index in [-0.39, 0.29) is 25.7 Å². The summed E-state index contributed by atoms with van der Waals surface area (Å²) in [6.07, 6.45) is 59.6. The lowest BCUT2D eigenvalue weighted by Gasteiger charge is -2.21. The summed E-state index contributed by atoms with van der Waals surface area (Å²) in [4.78, 5) is 72.9. The van der Waals surface area contributed by atoms with Gasteiger partial charge in [0, 0.05) is 25.7 Å². The Labute approximate surface area is 600 Å². The molecule has 19 heteroatoms. The lowest BCUT2D eigenvalue weighted by Crippen LogP contribution is -2.30. The Kier molecular flexibility index (Phi) is 69.3. The summed E-state index contributed by atoms with van der Waals surface area (Å²) in [5.41, 5.74) is 0. The molecule has 0 saturated carbocycles. The van der Waals surface area contributed by atoms with Gasteiger partial charge in [0.15, 0.2) is 12.2 Å². The van der Waals surface area contributed by atoms with Crippen molar-refractivity contribution >= 4 is 39.5 Å². The number of rotatable bonds is 78. The molecule has 0 aromatic heterocycles. The van der Waals surface area contributed by atoms with E-state index in [4.69, 9.17) is 37.0 Å². The van der Waals surface area contributed by atoms with Crippen LogP contribution in [-0.2, 0) is 65.4 Å². The van der Waals surface area contributed by atoms with Crippen LogP contribution in [0.15, 0.2) is 0 Å². The number of carbonyl (C=O) groups excluding carboxylic acids is 4. The minimum atomic E-state index is -4.96. The van der Waals surface area contributed by atoms with Crippen molar-refractivity contribution in [2.24, 2.45) is 11.8 Å². The van der Waals surface area contributed by atoms with Gasteiger partial charge in [-0.15, -0.1) is 0 Å². The van der Waals surface area contributed by atoms with Gasteiger partial charge in [-0.25, -0.2) is 9.13 Å². The first-order valence-electron chi connectivity index (χ1n) is 41.0. The molecule has 0 aliphatic heterocycles. The number of phosphoric acid groups is 2. The van der Waals surface area contributed by atoms with Gasteiger partial charge in [0.05, 0.1) is 26.4 Å². The van der Waals surface area contributed by atoms with Crippen LogP contribution in [0, 0.1) is 11.8 Å². The van der Waals surface area contributed by atoms with E-state index in [0.29, 0.717) is 25.7 Å². The number of ether oxygens (including phenoxy) is 4. The third-order valence-corrected chi connectivity index (χ3v) is 20.4. The fourth-order valence-corrected chi connectivity index (χ4v) is 13.8. The molecule has 0 aromatic rings. The summed E-state index contributed by atoms with van der Waals surface area (Å²) in [5.74, 6) is -0.509. The van der Waals surface area contributed by atoms with Crippen molar-refractivity contribution in [2.75, 3.05) is 39.6 Å². The van der Waals surface area contributed by atoms with Crippen LogP contribution in [-0.4, -0.2) is 96.7 Å². The fourth-order valence-electron chi connectivity index (χ4n) is 12.2. The van der Waals surface area contributed by atoms with E-state index in [2.05, 4.69) is 41.5 Å². The molecule has 0 aliphatic carbocycles. The standard InChI is InChI=1S/C79H154O17P2/c1-7-9-11-13-15-17-18-25-33-39-45-51-57-63-78(83)95-74(67-89-76(81)61-55-49-43-35-16-14-12-10-8-2)69-93-97(85,86)91-65-73(80)66-92-98(87,88)94-70-75(68-90-77(82)62-56-50-44-38-32-29-28-31-37-42-48-54-60-72(5)6)96-79(84)64-58-52-46-40-34-27-24-22-20-19-21-23-26-30-36-41-47-53-59-71(3)4/h71-75,80H,7-70H2,1-6H3,(H,85,86)(H,87,88)/t73-,74+,75+/m0/s1. The maximum absolute atomic E-state index is 13.1. The van der Waals surface area contributed by atoms with Gasteiger partial charge in [0.2, 0.25) is 0 Å². The summed E-state index contributed by atoms with van der Waals surface area (Å²) in [7, 11) is -9.91. The van der Waals surface area contributed by atoms with E-state index in [1.54, 1.807) is 0 Å². The van der Waals surface area contributed by atoms with E-state index in [9.17, 15) is 43.2 Å². The number of aliphatic hydroxyl groups is 1. The lowest BCUT2D eigenvalue weighted by atomic mass is 10.0. The minimum absolute atomic E-state index is 0.108. The molecule has 0 radical (unpaired) electrons. The molecule has 5 atom stereocenters. The highest BCUT2D eigenvalue weighted by Gasteiger charge is 2.30. The van der Waals surface area contributed by atoms with Crippen molar-refractivity contribution in [3.63, 3.8) is 0 Å². The number of unbranched alkanes of at least 4 members (excludes halogenated alkanes) is 48. The summed E-state index contributed by atoms with van der Waals surface area (Å²) in [5, 5.41) is 10.6. The van der Waals surface area contributed by atoms with E-state index in [1.807, 2.05) is 0 Å². The van der Waals surface area contributed by atoms with Gasteiger partial charge in [-0.1, -0.05) is 363 Å². The second-order valence-corrected chi connectivity index (χ2v) is 32.3. The molecular formula is C79H154O17P2. The number of esters is 4. The van der Waals surface area contributed by atoms with Gasteiger partial charge < -0.3 is 33.8 Å². The highest BCUT2D eigenvalue weighted by atomic mass is 31.2. The van der Waals surface area contributed by atoms with Crippen molar-refractivity contribution in [1.82, 2.24) is 0 Å². The van der Waals surface area contributed by atoms with Crippen molar-refractivity contribution in [3.8, 4) is 0 Å². The number of phosphoric ester groups is 2. The predicted molar refractivity (Wildman–Crippen MR) is 400 cm³/mol. The van der Waals surface area contributed by atoms with Gasteiger partial charge in [-0.2, -0.15) is 0 Å². The maximum atomic E-state index is 13.1. The number of hydrogen-bond acceptors (Lipinski definition) is 15. The smallest absolute Gasteiger partial charge is 0.462 e. The fraction of sp³-hybridized carbons (Fsp3) is 0.949. The molecule has 0 rings (SSSR count). The molecular weight excluding hydrogens is 1280 g/mol. The quantitative estimate of drug-likeness (QED) is 0.0222. The Morgan fingerprint density at radius 3 is 0.694 bits per heavy atom. The van der Waals surface area contributed by atoms with E-state index < -0.39 is 97.5 Å². The van der Waals surface area contributed by atoms with Crippen LogP contribution in [0.1, 0.15) is 414 Å². The first-order chi connectivity index (χ1) is 47.4. The van der Waals surface area contributed by atoms with Gasteiger partial charge in [-0.3, -0.25) is 37.3 Å². The van der Waals surface area contributed by atoms with Crippen LogP contribution in [0.4, 0.5) is 0 Å². The van der Waals surface area contributed by atoms with Crippen molar-refractivity contribution in [2.45, 2.75) is 432 Å². The van der Waals surface area contributed by atoms with Gasteiger partial charge in [-0.05, 0) is 37.5 Å². The Morgan fingerprint density at radius 1 is 0.276 bits per heavy atom. The van der Waals surface area contributed by atoms with Gasteiger partial charge in [0.25, 0.3) is 0 Å². The molecule has 0 spiro atoms. The van der Waals surface area contributed by atoms with Crippen molar-refractivity contribution in [1.29, 1.82) is 0 Å². The van der Waals surface area contributed by atoms with E-state index in [1.165, 1.54) is 231 Å². The Morgan fingerprint density at radius 2 is 0.469 bits per heavy atom. The summed E-state index contributed by atoms with van der Waals surface area (Å²) >= 11 is 0. The highest BCUT2D eigenvalue weighted by molar-refractivity contribution is 7.47. The Hall–Kier alpha value is -1.94. The van der Waals surface area contributed by atoms with E-state index in [0.717, 1.165) is 102 Å². The monoisotopic (exact) mass is 1440 g/mol. The molecule has 98 heavy (non-hydrogen) atoms. The third-order valence-electron chi connectivity index (χ3n) is 18.5. The van der Waals surface area contributed by atoms with Crippen LogP contribution < -0.4 is 0 Å². The molecule has 0 saturated heterocycles. The van der Waals surface area contributed by atoms with E-state index >= 15 is 0 Å². The predicted octanol–water partition coefficient (Wildman–Crippen LogP) is 23.5. The second-order valence-electron chi connectivity index (χ2n) is 29.4. The maximum Gasteiger partial charge on any atom is 0.472 e. The molecule has 3 N–H and O–H groups in total. The van der Waals surface area contributed by atoms with Crippen LogP contribution in [0.2, 0.25) is 0 Å². The zero-order chi connectivity index (χ0) is 72.1. The molecule has 0 aromatic carbocycles. The molecule has 17 nitrogen and oxygen atoms in total. The molecule has 2 unspecified atom stereocenters. The zero-order valence-corrected chi connectivity index (χ0v) is 65.9. The molecule has 0 aliphatic rings. The summed E-state index contributed by atoms with van der Waals surface area (Å²) in [6.45, 7) is 9.65. The van der Waals surface area contributed by atoms with Gasteiger partial charge >= 0.3 is 39.5 Å². The molecule has 0 bridgehead atoms. The van der Waals surface area contributed by atoms with Crippen LogP contribution in [0.5, 0.6) is 0 Å². The number of hydrogen-bond donors (Lipinski definition) is 3. The average molecular weight is 1440 g/mol. The summed E-state index contributed by atoms with van der Waals surface area (Å²) < 4.78 is 68.6. The first kappa shape index (κ1) is 96.1. The highest BCUT2D eigenvalue weighted by Crippen LogP contribution is 2.45. The Balaban J connectivity index is 5.20. The first-order valence-corrected chi connectivity index (χ1v) is 44.0. The average Bonchev–Trinajstić information content (AvgIpc) is 1.03. The molecule has 0 fully saturated rings. The number of aliphatic hydroxyl groups excluding tert-OH is 1. The molecule has 0 heterocycles. The molecule has 582 valence electrons. The minimum Gasteiger partial charge on any atom is -0.462 e. The van der Waals surface area contributed by atoms with Crippen LogP contribution >= 0.6 is 15.6 Å². The molecule has 0 amide bonds. The summed E-state index contributed by atoms with van der Waals surface area (Å²) in [6, 6.07) is 0. The van der Waals surface area contributed by atoms with Crippen LogP contribution in [0.3, 0.4) is 0 Å². The van der Waals surface area contributed by atoms with Crippen LogP contribution in [0.25, 0.3) is 0 Å². The topological polar surface area (TPSA) is 237 Å². The van der Waals surface area contributed by atoms with Gasteiger partial charge in [0.1, 0.15) is 19.3 Å².